The molecule has 4 heteroatoms. The Morgan fingerprint density at radius 3 is 1.94 bits per heavy atom. The average molecular weight is 471 g/mol. The quantitative estimate of drug-likeness (QED) is 0.278. The first-order valence-electron chi connectivity index (χ1n) is 12.1. The van der Waals surface area contributed by atoms with E-state index in [2.05, 4.69) is 66.1 Å². The van der Waals surface area contributed by atoms with Crippen LogP contribution < -0.4 is 4.74 Å². The van der Waals surface area contributed by atoms with E-state index in [9.17, 15) is 5.11 Å². The molecule has 4 aromatic carbocycles. The monoisotopic (exact) mass is 470 g/mol. The SMILES string of the molecule is CCn1c2ccccc2c2cc(-c3cc(-c4ccc(O)cc4)nc(-c4ccc(OC)cc4)c3)ccc21. The summed E-state index contributed by atoms with van der Waals surface area (Å²) in [6.07, 6.45) is 0. The first-order valence-corrected chi connectivity index (χ1v) is 12.1. The van der Waals surface area contributed by atoms with Crippen molar-refractivity contribution in [2.45, 2.75) is 13.5 Å². The second-order valence-electron chi connectivity index (χ2n) is 8.90. The van der Waals surface area contributed by atoms with Crippen LogP contribution in [-0.2, 0) is 6.54 Å². The summed E-state index contributed by atoms with van der Waals surface area (Å²) in [5.41, 5.74) is 8.43. The van der Waals surface area contributed by atoms with E-state index in [1.165, 1.54) is 21.8 Å². The molecular formula is C32H26N2O2. The van der Waals surface area contributed by atoms with Crippen molar-refractivity contribution in [2.24, 2.45) is 0 Å². The lowest BCUT2D eigenvalue weighted by atomic mass is 9.98. The van der Waals surface area contributed by atoms with Gasteiger partial charge in [-0.2, -0.15) is 0 Å². The van der Waals surface area contributed by atoms with Gasteiger partial charge in [0, 0.05) is 39.5 Å². The predicted molar refractivity (Wildman–Crippen MR) is 147 cm³/mol. The summed E-state index contributed by atoms with van der Waals surface area (Å²) < 4.78 is 7.71. The van der Waals surface area contributed by atoms with E-state index in [0.717, 1.165) is 45.9 Å². The number of pyridine rings is 1. The fourth-order valence-electron chi connectivity index (χ4n) is 4.96. The van der Waals surface area contributed by atoms with Crippen LogP contribution in [-0.4, -0.2) is 21.8 Å². The summed E-state index contributed by atoms with van der Waals surface area (Å²) in [6, 6.07) is 34.7. The van der Waals surface area contributed by atoms with Crippen LogP contribution in [0, 0.1) is 0 Å². The van der Waals surface area contributed by atoms with Gasteiger partial charge in [0.2, 0.25) is 0 Å². The third-order valence-corrected chi connectivity index (χ3v) is 6.80. The van der Waals surface area contributed by atoms with Gasteiger partial charge >= 0.3 is 0 Å². The molecule has 2 heterocycles. The van der Waals surface area contributed by atoms with E-state index >= 15 is 0 Å². The molecule has 4 nitrogen and oxygen atoms in total. The number of hydrogen-bond donors (Lipinski definition) is 1. The highest BCUT2D eigenvalue weighted by Gasteiger charge is 2.13. The maximum absolute atomic E-state index is 9.79. The summed E-state index contributed by atoms with van der Waals surface area (Å²) in [4.78, 5) is 4.99. The molecule has 0 unspecified atom stereocenters. The molecule has 6 aromatic rings. The number of benzene rings is 4. The molecule has 6 rings (SSSR count). The number of phenolic OH excluding ortho intramolecular Hbond substituents is 1. The fourth-order valence-corrected chi connectivity index (χ4v) is 4.96. The van der Waals surface area contributed by atoms with Crippen LogP contribution in [0.3, 0.4) is 0 Å². The van der Waals surface area contributed by atoms with Gasteiger partial charge in [-0.25, -0.2) is 4.98 Å². The first kappa shape index (κ1) is 21.9. The number of nitrogens with zero attached hydrogens (tertiary/aromatic N) is 2. The van der Waals surface area contributed by atoms with Crippen LogP contribution in [0.2, 0.25) is 0 Å². The van der Waals surface area contributed by atoms with Gasteiger partial charge in [-0.3, -0.25) is 0 Å². The molecule has 0 aliphatic rings. The number of aromatic nitrogens is 2. The van der Waals surface area contributed by atoms with Crippen molar-refractivity contribution in [1.29, 1.82) is 0 Å². The van der Waals surface area contributed by atoms with E-state index in [4.69, 9.17) is 9.72 Å². The van der Waals surface area contributed by atoms with Gasteiger partial charge in [-0.1, -0.05) is 24.3 Å². The minimum absolute atomic E-state index is 0.239. The van der Waals surface area contributed by atoms with Crippen LogP contribution in [0.4, 0.5) is 0 Å². The van der Waals surface area contributed by atoms with Gasteiger partial charge in [-0.05, 0) is 96.9 Å². The molecule has 176 valence electrons. The van der Waals surface area contributed by atoms with Crippen molar-refractivity contribution < 1.29 is 9.84 Å². The van der Waals surface area contributed by atoms with Gasteiger partial charge in [0.25, 0.3) is 0 Å². The number of para-hydroxylation sites is 1. The zero-order chi connectivity index (χ0) is 24.6. The lowest BCUT2D eigenvalue weighted by Crippen LogP contribution is -1.93. The normalized spacial score (nSPS) is 11.3. The number of aromatic hydroxyl groups is 1. The highest BCUT2D eigenvalue weighted by molar-refractivity contribution is 6.09. The summed E-state index contributed by atoms with van der Waals surface area (Å²) in [7, 11) is 1.67. The molecule has 0 saturated heterocycles. The summed E-state index contributed by atoms with van der Waals surface area (Å²) in [5, 5.41) is 12.3. The Balaban J connectivity index is 1.56. The van der Waals surface area contributed by atoms with Crippen LogP contribution in [0.1, 0.15) is 6.92 Å². The number of hydrogen-bond acceptors (Lipinski definition) is 3. The van der Waals surface area contributed by atoms with Gasteiger partial charge in [0.1, 0.15) is 11.5 Å². The summed E-state index contributed by atoms with van der Waals surface area (Å²) >= 11 is 0. The smallest absolute Gasteiger partial charge is 0.118 e. The molecule has 0 aliphatic carbocycles. The van der Waals surface area contributed by atoms with Crippen LogP contribution in [0.5, 0.6) is 11.5 Å². The molecule has 2 aromatic heterocycles. The fraction of sp³-hybridized carbons (Fsp3) is 0.0938. The van der Waals surface area contributed by atoms with Crippen molar-refractivity contribution in [3.05, 3.63) is 103 Å². The summed E-state index contributed by atoms with van der Waals surface area (Å²) in [6.45, 7) is 3.11. The van der Waals surface area contributed by atoms with Crippen molar-refractivity contribution in [2.75, 3.05) is 7.11 Å². The minimum atomic E-state index is 0.239. The maximum Gasteiger partial charge on any atom is 0.118 e. The van der Waals surface area contributed by atoms with Crippen molar-refractivity contribution in [1.82, 2.24) is 9.55 Å². The number of ether oxygens (including phenoxy) is 1. The second-order valence-corrected chi connectivity index (χ2v) is 8.90. The number of aryl methyl sites for hydroxylation is 1. The summed E-state index contributed by atoms with van der Waals surface area (Å²) in [5.74, 6) is 1.05. The predicted octanol–water partition coefficient (Wildman–Crippen LogP) is 7.92. The van der Waals surface area contributed by atoms with E-state index in [-0.39, 0.29) is 5.75 Å². The Kier molecular flexibility index (Phi) is 5.42. The molecule has 0 amide bonds. The number of fused-ring (bicyclic) bond motifs is 3. The molecule has 1 N–H and O–H groups in total. The number of methoxy groups -OCH3 is 1. The Morgan fingerprint density at radius 1 is 0.667 bits per heavy atom. The molecule has 0 saturated carbocycles. The van der Waals surface area contributed by atoms with Gasteiger partial charge in [0.05, 0.1) is 18.5 Å². The third kappa shape index (κ3) is 3.77. The maximum atomic E-state index is 9.79. The molecule has 0 aliphatic heterocycles. The molecule has 36 heavy (non-hydrogen) atoms. The molecule has 0 radical (unpaired) electrons. The molecule has 0 fully saturated rings. The minimum Gasteiger partial charge on any atom is -0.508 e. The third-order valence-electron chi connectivity index (χ3n) is 6.80. The Morgan fingerprint density at radius 2 is 1.28 bits per heavy atom. The molecule has 0 bridgehead atoms. The number of rotatable bonds is 5. The van der Waals surface area contributed by atoms with E-state index in [1.807, 2.05) is 36.4 Å². The second kappa shape index (κ2) is 8.90. The Hall–Kier alpha value is -4.57. The van der Waals surface area contributed by atoms with E-state index in [0.29, 0.717) is 0 Å². The Labute approximate surface area is 210 Å². The van der Waals surface area contributed by atoms with E-state index in [1.54, 1.807) is 19.2 Å². The highest BCUT2D eigenvalue weighted by Crippen LogP contribution is 2.35. The van der Waals surface area contributed by atoms with Crippen molar-refractivity contribution >= 4 is 21.8 Å². The lowest BCUT2D eigenvalue weighted by molar-refractivity contribution is 0.415. The van der Waals surface area contributed by atoms with Crippen LogP contribution >= 0.6 is 0 Å². The zero-order valence-corrected chi connectivity index (χ0v) is 20.3. The molecule has 0 spiro atoms. The lowest BCUT2D eigenvalue weighted by Gasteiger charge is -2.11. The van der Waals surface area contributed by atoms with Crippen molar-refractivity contribution in [3.8, 4) is 45.1 Å². The topological polar surface area (TPSA) is 47.3 Å². The Bertz CT molecular complexity index is 1700. The van der Waals surface area contributed by atoms with E-state index < -0.39 is 0 Å². The van der Waals surface area contributed by atoms with Gasteiger partial charge in [0.15, 0.2) is 0 Å². The van der Waals surface area contributed by atoms with Crippen LogP contribution in [0.25, 0.3) is 55.4 Å². The van der Waals surface area contributed by atoms with Gasteiger partial charge in [-0.15, -0.1) is 0 Å². The first-order chi connectivity index (χ1) is 17.6. The van der Waals surface area contributed by atoms with Crippen molar-refractivity contribution in [3.63, 3.8) is 0 Å². The van der Waals surface area contributed by atoms with Crippen LogP contribution in [0.15, 0.2) is 103 Å². The largest absolute Gasteiger partial charge is 0.508 e. The van der Waals surface area contributed by atoms with Gasteiger partial charge < -0.3 is 14.4 Å². The zero-order valence-electron chi connectivity index (χ0n) is 20.3. The molecular weight excluding hydrogens is 444 g/mol. The number of phenols is 1. The average Bonchev–Trinajstić information content (AvgIpc) is 3.26. The standard InChI is InChI=1S/C32H26N2O2/c1-3-34-31-7-5-4-6-27(31)28-18-23(12-17-32(28)34)24-19-29(21-8-13-25(35)14-9-21)33-30(20-24)22-10-15-26(36-2)16-11-22/h4-20,35H,3H2,1-2H3. The highest BCUT2D eigenvalue weighted by atomic mass is 16.5. The molecule has 0 atom stereocenters.